The van der Waals surface area contributed by atoms with Crippen molar-refractivity contribution in [1.29, 1.82) is 0 Å². The second-order valence-corrected chi connectivity index (χ2v) is 8.67. The molecule has 8 heteroatoms. The summed E-state index contributed by atoms with van der Waals surface area (Å²) in [6.07, 6.45) is 3.63. The van der Waals surface area contributed by atoms with Gasteiger partial charge in [-0.05, 0) is 47.9 Å². The van der Waals surface area contributed by atoms with E-state index >= 15 is 0 Å². The third-order valence-corrected chi connectivity index (χ3v) is 5.89. The Kier molecular flexibility index (Phi) is 5.75. The summed E-state index contributed by atoms with van der Waals surface area (Å²) in [4.78, 5) is 45.1. The molecule has 2 heterocycles. The van der Waals surface area contributed by atoms with Crippen LogP contribution in [0.3, 0.4) is 0 Å². The monoisotopic (exact) mass is 467 g/mol. The van der Waals surface area contributed by atoms with Gasteiger partial charge in [0.25, 0.3) is 5.91 Å². The lowest BCUT2D eigenvalue weighted by Crippen LogP contribution is -2.51. The molecule has 1 aromatic heterocycles. The SMILES string of the molecule is CC(=O)N1C(=O)N(c2cc(Cl)cc(Cl)c2)C(=O)C1(C)Cc1ccc(-c2cccnc2)cc1. The molecule has 1 atom stereocenters. The minimum absolute atomic E-state index is 0.162. The summed E-state index contributed by atoms with van der Waals surface area (Å²) in [5.41, 5.74) is 1.57. The van der Waals surface area contributed by atoms with Gasteiger partial charge in [-0.3, -0.25) is 14.6 Å². The molecular formula is C24H19Cl2N3O3. The van der Waals surface area contributed by atoms with Crippen molar-refractivity contribution >= 4 is 46.7 Å². The number of imide groups is 2. The molecule has 0 N–H and O–H groups in total. The normalized spacial score (nSPS) is 18.4. The average Bonchev–Trinajstić information content (AvgIpc) is 2.93. The van der Waals surface area contributed by atoms with Crippen LogP contribution in [-0.2, 0) is 16.0 Å². The number of hydrogen-bond donors (Lipinski definition) is 0. The molecule has 0 spiro atoms. The predicted octanol–water partition coefficient (Wildman–Crippen LogP) is 5.37. The summed E-state index contributed by atoms with van der Waals surface area (Å²) in [5.74, 6) is -1.04. The van der Waals surface area contributed by atoms with Crippen LogP contribution in [0, 0.1) is 0 Å². The highest BCUT2D eigenvalue weighted by atomic mass is 35.5. The van der Waals surface area contributed by atoms with Gasteiger partial charge in [-0.2, -0.15) is 0 Å². The number of aromatic nitrogens is 1. The third kappa shape index (κ3) is 3.87. The maximum Gasteiger partial charge on any atom is 0.339 e. The molecule has 3 aromatic rings. The lowest BCUT2D eigenvalue weighted by atomic mass is 9.90. The molecule has 32 heavy (non-hydrogen) atoms. The Labute approximate surface area is 195 Å². The van der Waals surface area contributed by atoms with Crippen molar-refractivity contribution < 1.29 is 14.4 Å². The molecule has 0 radical (unpaired) electrons. The van der Waals surface area contributed by atoms with Gasteiger partial charge in [0.15, 0.2) is 0 Å². The van der Waals surface area contributed by atoms with Crippen LogP contribution in [0.25, 0.3) is 11.1 Å². The van der Waals surface area contributed by atoms with Gasteiger partial charge in [-0.25, -0.2) is 14.6 Å². The van der Waals surface area contributed by atoms with Crippen molar-refractivity contribution in [3.8, 4) is 11.1 Å². The van der Waals surface area contributed by atoms with Crippen molar-refractivity contribution in [3.63, 3.8) is 0 Å². The topological polar surface area (TPSA) is 70.6 Å². The van der Waals surface area contributed by atoms with Crippen LogP contribution in [0.2, 0.25) is 10.0 Å². The third-order valence-electron chi connectivity index (χ3n) is 5.46. The van der Waals surface area contributed by atoms with Gasteiger partial charge < -0.3 is 0 Å². The zero-order chi connectivity index (χ0) is 23.0. The molecule has 6 nitrogen and oxygen atoms in total. The van der Waals surface area contributed by atoms with Crippen LogP contribution in [-0.4, -0.2) is 33.3 Å². The molecule has 2 aromatic carbocycles. The van der Waals surface area contributed by atoms with E-state index < -0.39 is 23.4 Å². The summed E-state index contributed by atoms with van der Waals surface area (Å²) in [5, 5.41) is 0.559. The van der Waals surface area contributed by atoms with Gasteiger partial charge in [-0.15, -0.1) is 0 Å². The molecular weight excluding hydrogens is 449 g/mol. The molecule has 4 amide bonds. The molecule has 1 unspecified atom stereocenters. The lowest BCUT2D eigenvalue weighted by Gasteiger charge is -2.29. The number of nitrogens with zero attached hydrogens (tertiary/aromatic N) is 3. The van der Waals surface area contributed by atoms with Gasteiger partial charge in [0, 0.05) is 35.8 Å². The average molecular weight is 468 g/mol. The van der Waals surface area contributed by atoms with Crippen molar-refractivity contribution in [2.45, 2.75) is 25.8 Å². The largest absolute Gasteiger partial charge is 0.339 e. The van der Waals surface area contributed by atoms with Gasteiger partial charge in [-0.1, -0.05) is 53.5 Å². The van der Waals surface area contributed by atoms with Crippen LogP contribution in [0.4, 0.5) is 10.5 Å². The Morgan fingerprint density at radius 1 is 1.00 bits per heavy atom. The minimum Gasteiger partial charge on any atom is -0.275 e. The summed E-state index contributed by atoms with van der Waals surface area (Å²) >= 11 is 12.1. The fraction of sp³-hybridized carbons (Fsp3) is 0.167. The Balaban J connectivity index is 1.69. The quantitative estimate of drug-likeness (QED) is 0.483. The molecule has 4 rings (SSSR count). The molecule has 1 aliphatic rings. The first kappa shape index (κ1) is 22.0. The predicted molar refractivity (Wildman–Crippen MR) is 124 cm³/mol. The number of carbonyl (C=O) groups is 3. The van der Waals surface area contributed by atoms with Crippen molar-refractivity contribution in [2.24, 2.45) is 0 Å². The number of pyridine rings is 1. The number of benzene rings is 2. The Morgan fingerprint density at radius 2 is 1.66 bits per heavy atom. The lowest BCUT2D eigenvalue weighted by molar-refractivity contribution is -0.135. The van der Waals surface area contributed by atoms with E-state index in [4.69, 9.17) is 23.2 Å². The first-order chi connectivity index (χ1) is 15.2. The smallest absolute Gasteiger partial charge is 0.275 e. The molecule has 0 aliphatic carbocycles. The fourth-order valence-electron chi connectivity index (χ4n) is 4.01. The van der Waals surface area contributed by atoms with E-state index in [1.807, 2.05) is 36.4 Å². The van der Waals surface area contributed by atoms with E-state index in [0.717, 1.165) is 26.5 Å². The van der Waals surface area contributed by atoms with E-state index in [2.05, 4.69) is 4.98 Å². The fourth-order valence-corrected chi connectivity index (χ4v) is 4.53. The highest BCUT2D eigenvalue weighted by Gasteiger charge is 2.56. The van der Waals surface area contributed by atoms with Gasteiger partial charge >= 0.3 is 6.03 Å². The number of amides is 4. The maximum absolute atomic E-state index is 13.5. The highest BCUT2D eigenvalue weighted by Crippen LogP contribution is 2.37. The van der Waals surface area contributed by atoms with Crippen LogP contribution < -0.4 is 4.90 Å². The number of anilines is 1. The highest BCUT2D eigenvalue weighted by molar-refractivity contribution is 6.36. The maximum atomic E-state index is 13.5. The van der Waals surface area contributed by atoms with Gasteiger partial charge in [0.05, 0.1) is 5.69 Å². The second-order valence-electron chi connectivity index (χ2n) is 7.79. The standard InChI is InChI=1S/C24H19Cl2N3O3/c1-15(30)29-23(32)28(21-11-19(25)10-20(26)12-21)22(31)24(29,2)13-16-5-7-17(8-6-16)18-4-3-9-27-14-18/h3-12,14H,13H2,1-2H3. The van der Waals surface area contributed by atoms with Crippen molar-refractivity contribution in [1.82, 2.24) is 9.88 Å². The number of urea groups is 1. The minimum atomic E-state index is -1.40. The van der Waals surface area contributed by atoms with Crippen LogP contribution in [0.5, 0.6) is 0 Å². The van der Waals surface area contributed by atoms with Gasteiger partial charge in [0.2, 0.25) is 5.91 Å². The Hall–Kier alpha value is -3.22. The molecule has 162 valence electrons. The van der Waals surface area contributed by atoms with E-state index in [1.54, 1.807) is 19.3 Å². The van der Waals surface area contributed by atoms with E-state index in [-0.39, 0.29) is 22.2 Å². The molecule has 1 aliphatic heterocycles. The first-order valence-corrected chi connectivity index (χ1v) is 10.6. The van der Waals surface area contributed by atoms with Crippen LogP contribution in [0.1, 0.15) is 19.4 Å². The Bertz CT molecular complexity index is 1190. The van der Waals surface area contributed by atoms with Crippen LogP contribution in [0.15, 0.2) is 67.0 Å². The zero-order valence-electron chi connectivity index (χ0n) is 17.4. The number of hydrogen-bond acceptors (Lipinski definition) is 4. The Morgan fingerprint density at radius 3 is 2.22 bits per heavy atom. The summed E-state index contributed by atoms with van der Waals surface area (Å²) in [7, 11) is 0. The molecule has 1 fully saturated rings. The zero-order valence-corrected chi connectivity index (χ0v) is 18.9. The molecule has 0 bridgehead atoms. The summed E-state index contributed by atoms with van der Waals surface area (Å²) in [6.45, 7) is 2.86. The number of rotatable bonds is 4. The molecule has 1 saturated heterocycles. The molecule has 0 saturated carbocycles. The van der Waals surface area contributed by atoms with Crippen molar-refractivity contribution in [3.05, 3.63) is 82.6 Å². The van der Waals surface area contributed by atoms with E-state index in [9.17, 15) is 14.4 Å². The second kappa shape index (κ2) is 8.37. The summed E-state index contributed by atoms with van der Waals surface area (Å²) in [6, 6.07) is 15.1. The van der Waals surface area contributed by atoms with Crippen molar-refractivity contribution in [2.75, 3.05) is 4.90 Å². The first-order valence-electron chi connectivity index (χ1n) is 9.85. The number of carbonyl (C=O) groups excluding carboxylic acids is 3. The van der Waals surface area contributed by atoms with Crippen LogP contribution >= 0.6 is 23.2 Å². The van der Waals surface area contributed by atoms with E-state index in [1.165, 1.54) is 25.1 Å². The summed E-state index contributed by atoms with van der Waals surface area (Å²) < 4.78 is 0. The van der Waals surface area contributed by atoms with E-state index in [0.29, 0.717) is 0 Å². The number of halogens is 2. The van der Waals surface area contributed by atoms with Gasteiger partial charge in [0.1, 0.15) is 5.54 Å².